The van der Waals surface area contributed by atoms with Crippen LogP contribution in [0, 0.1) is 11.8 Å². The lowest BCUT2D eigenvalue weighted by Gasteiger charge is -2.20. The Hall–Kier alpha value is -1.84. The van der Waals surface area contributed by atoms with Crippen LogP contribution < -0.4 is 5.73 Å². The van der Waals surface area contributed by atoms with Crippen molar-refractivity contribution in [2.75, 3.05) is 19.7 Å². The van der Waals surface area contributed by atoms with Gasteiger partial charge in [-0.1, -0.05) is 25.2 Å². The minimum atomic E-state index is -0.516. The van der Waals surface area contributed by atoms with Gasteiger partial charge in [-0.3, -0.25) is 9.59 Å². The molecule has 0 bridgehead atoms. The number of aliphatic hydroxyl groups excluding tert-OH is 1. The van der Waals surface area contributed by atoms with Crippen molar-refractivity contribution in [3.63, 3.8) is 0 Å². The van der Waals surface area contributed by atoms with Crippen LogP contribution in [0.5, 0.6) is 0 Å². The average Bonchev–Trinajstić information content (AvgIpc) is 2.91. The number of hydrogen-bond acceptors (Lipinski definition) is 4. The number of rotatable bonds is 7. The molecule has 0 unspecified atom stereocenters. The summed E-state index contributed by atoms with van der Waals surface area (Å²) in [5, 5.41) is 10.4. The van der Waals surface area contributed by atoms with Gasteiger partial charge in [0.25, 0.3) is 5.91 Å². The number of thiophene rings is 1. The first kappa shape index (κ1) is 17.2. The second-order valence-corrected chi connectivity index (χ2v) is 5.43. The molecular formula is C15H20N2O3S. The number of amides is 2. The van der Waals surface area contributed by atoms with E-state index >= 15 is 0 Å². The molecule has 21 heavy (non-hydrogen) atoms. The van der Waals surface area contributed by atoms with Gasteiger partial charge in [-0.05, 0) is 12.5 Å². The van der Waals surface area contributed by atoms with E-state index in [1.165, 1.54) is 16.2 Å². The fraction of sp³-hybridized carbons (Fsp3) is 0.467. The van der Waals surface area contributed by atoms with E-state index in [1.54, 1.807) is 11.4 Å². The molecule has 6 heteroatoms. The fourth-order valence-corrected chi connectivity index (χ4v) is 2.44. The number of nitrogens with two attached hydrogens (primary N) is 1. The van der Waals surface area contributed by atoms with Gasteiger partial charge in [0.05, 0.1) is 23.6 Å². The van der Waals surface area contributed by atoms with E-state index in [2.05, 4.69) is 11.8 Å². The van der Waals surface area contributed by atoms with Gasteiger partial charge < -0.3 is 15.7 Å². The quantitative estimate of drug-likeness (QED) is 0.743. The summed E-state index contributed by atoms with van der Waals surface area (Å²) in [6.45, 7) is 2.49. The number of primary amides is 1. The zero-order chi connectivity index (χ0) is 15.7. The third kappa shape index (κ3) is 5.98. The number of carbonyl (C=O) groups is 2. The van der Waals surface area contributed by atoms with Gasteiger partial charge in [0.15, 0.2) is 0 Å². The summed E-state index contributed by atoms with van der Waals surface area (Å²) >= 11 is 1.37. The Morgan fingerprint density at radius 1 is 1.48 bits per heavy atom. The van der Waals surface area contributed by atoms with Gasteiger partial charge in [-0.2, -0.15) is 0 Å². The highest BCUT2D eigenvalue weighted by Crippen LogP contribution is 2.16. The zero-order valence-corrected chi connectivity index (χ0v) is 12.9. The van der Waals surface area contributed by atoms with Crippen LogP contribution in [-0.4, -0.2) is 41.5 Å². The molecule has 0 aliphatic heterocycles. The summed E-state index contributed by atoms with van der Waals surface area (Å²) in [5.74, 6) is 4.98. The van der Waals surface area contributed by atoms with Crippen LogP contribution in [0.15, 0.2) is 11.4 Å². The van der Waals surface area contributed by atoms with E-state index < -0.39 is 5.91 Å². The van der Waals surface area contributed by atoms with Crippen molar-refractivity contribution in [3.8, 4) is 11.8 Å². The molecule has 5 nitrogen and oxygen atoms in total. The number of carbonyl (C=O) groups excluding carboxylic acids is 2. The lowest BCUT2D eigenvalue weighted by Crippen LogP contribution is -2.38. The molecule has 0 aliphatic rings. The predicted octanol–water partition coefficient (Wildman–Crippen LogP) is 1.21. The molecule has 0 fully saturated rings. The summed E-state index contributed by atoms with van der Waals surface area (Å²) in [6.07, 6.45) is 2.17. The van der Waals surface area contributed by atoms with Crippen LogP contribution >= 0.6 is 11.3 Å². The highest BCUT2D eigenvalue weighted by Gasteiger charge is 2.18. The van der Waals surface area contributed by atoms with Gasteiger partial charge >= 0.3 is 0 Å². The molecule has 0 atom stereocenters. The summed E-state index contributed by atoms with van der Waals surface area (Å²) < 4.78 is 0. The van der Waals surface area contributed by atoms with Crippen molar-refractivity contribution < 1.29 is 14.7 Å². The van der Waals surface area contributed by atoms with E-state index in [0.717, 1.165) is 17.7 Å². The van der Waals surface area contributed by atoms with Gasteiger partial charge in [-0.25, -0.2) is 0 Å². The van der Waals surface area contributed by atoms with E-state index in [9.17, 15) is 9.59 Å². The van der Waals surface area contributed by atoms with E-state index in [4.69, 9.17) is 10.8 Å². The summed E-state index contributed by atoms with van der Waals surface area (Å²) in [5.41, 5.74) is 5.71. The van der Waals surface area contributed by atoms with Crippen molar-refractivity contribution in [2.24, 2.45) is 5.73 Å². The molecule has 0 aliphatic carbocycles. The van der Waals surface area contributed by atoms with E-state index in [-0.39, 0.29) is 19.1 Å². The molecule has 0 spiro atoms. The molecule has 1 aromatic rings. The normalized spacial score (nSPS) is 9.81. The SMILES string of the molecule is CCCCN(CC(N)=O)C(=O)c1csc(C#CCCO)c1. The molecule has 0 radical (unpaired) electrons. The topological polar surface area (TPSA) is 83.6 Å². The highest BCUT2D eigenvalue weighted by molar-refractivity contribution is 7.10. The van der Waals surface area contributed by atoms with Crippen molar-refractivity contribution in [2.45, 2.75) is 26.2 Å². The maximum atomic E-state index is 12.4. The smallest absolute Gasteiger partial charge is 0.255 e. The summed E-state index contributed by atoms with van der Waals surface area (Å²) in [6, 6.07) is 1.71. The van der Waals surface area contributed by atoms with Gasteiger partial charge in [-0.15, -0.1) is 11.3 Å². The Morgan fingerprint density at radius 3 is 2.86 bits per heavy atom. The maximum absolute atomic E-state index is 12.4. The first-order valence-corrected chi connectivity index (χ1v) is 7.72. The monoisotopic (exact) mass is 308 g/mol. The Bertz CT molecular complexity index is 543. The summed E-state index contributed by atoms with van der Waals surface area (Å²) in [7, 11) is 0. The fourth-order valence-electron chi connectivity index (χ4n) is 1.69. The van der Waals surface area contributed by atoms with Gasteiger partial charge in [0.2, 0.25) is 5.91 Å². The van der Waals surface area contributed by atoms with Crippen molar-refractivity contribution in [1.29, 1.82) is 0 Å². The zero-order valence-electron chi connectivity index (χ0n) is 12.1. The second kappa shape index (κ2) is 9.16. The van der Waals surface area contributed by atoms with E-state index in [0.29, 0.717) is 18.5 Å². The summed E-state index contributed by atoms with van der Waals surface area (Å²) in [4.78, 5) is 25.7. The van der Waals surface area contributed by atoms with Crippen LogP contribution in [0.3, 0.4) is 0 Å². The van der Waals surface area contributed by atoms with Crippen LogP contribution in [0.2, 0.25) is 0 Å². The highest BCUT2D eigenvalue weighted by atomic mass is 32.1. The molecule has 2 amide bonds. The first-order valence-electron chi connectivity index (χ1n) is 6.84. The molecule has 0 saturated carbocycles. The van der Waals surface area contributed by atoms with Crippen LogP contribution in [0.1, 0.15) is 41.4 Å². The van der Waals surface area contributed by atoms with Crippen molar-refractivity contribution in [1.82, 2.24) is 4.90 Å². The Labute approximate surface area is 128 Å². The predicted molar refractivity (Wildman–Crippen MR) is 82.9 cm³/mol. The number of aliphatic hydroxyl groups is 1. The lowest BCUT2D eigenvalue weighted by atomic mass is 10.2. The third-order valence-electron chi connectivity index (χ3n) is 2.71. The minimum Gasteiger partial charge on any atom is -0.395 e. The Morgan fingerprint density at radius 2 is 2.24 bits per heavy atom. The standard InChI is InChI=1S/C15H20N2O3S/c1-2-3-7-17(10-14(16)19)15(20)12-9-13(21-11-12)6-4-5-8-18/h9,11,18H,2-3,5,7-8,10H2,1H3,(H2,16,19). The lowest BCUT2D eigenvalue weighted by molar-refractivity contribution is -0.118. The van der Waals surface area contributed by atoms with Crippen molar-refractivity contribution >= 4 is 23.2 Å². The largest absolute Gasteiger partial charge is 0.395 e. The molecule has 1 heterocycles. The van der Waals surface area contributed by atoms with Gasteiger partial charge in [0.1, 0.15) is 0 Å². The molecule has 1 rings (SSSR count). The molecule has 1 aromatic heterocycles. The third-order valence-corrected chi connectivity index (χ3v) is 3.56. The molecule has 3 N–H and O–H groups in total. The van der Waals surface area contributed by atoms with Crippen LogP contribution in [0.25, 0.3) is 0 Å². The van der Waals surface area contributed by atoms with Crippen LogP contribution in [0.4, 0.5) is 0 Å². The van der Waals surface area contributed by atoms with Gasteiger partial charge in [0, 0.05) is 18.3 Å². The number of hydrogen-bond donors (Lipinski definition) is 2. The number of nitrogens with zero attached hydrogens (tertiary/aromatic N) is 1. The average molecular weight is 308 g/mol. The Balaban J connectivity index is 2.79. The molecular weight excluding hydrogens is 288 g/mol. The molecule has 0 aromatic carbocycles. The maximum Gasteiger partial charge on any atom is 0.255 e. The van der Waals surface area contributed by atoms with E-state index in [1.807, 2.05) is 6.92 Å². The van der Waals surface area contributed by atoms with Crippen LogP contribution in [-0.2, 0) is 4.79 Å². The van der Waals surface area contributed by atoms with Crippen molar-refractivity contribution in [3.05, 3.63) is 21.9 Å². The number of unbranched alkanes of at least 4 members (excludes halogenated alkanes) is 1. The first-order chi connectivity index (χ1) is 10.1. The minimum absolute atomic E-state index is 0.0214. The molecule has 0 saturated heterocycles. The molecule has 114 valence electrons. The Kier molecular flexibility index (Phi) is 7.51. The second-order valence-electron chi connectivity index (χ2n) is 4.52.